The Morgan fingerprint density at radius 3 is 0.959 bits per heavy atom. The molecule has 0 saturated heterocycles. The Bertz CT molecular complexity index is 3880. The average molecular weight is 933 g/mol. The van der Waals surface area contributed by atoms with Gasteiger partial charge >= 0.3 is 0 Å². The van der Waals surface area contributed by atoms with E-state index in [1.807, 2.05) is 0 Å². The molecule has 0 bridgehead atoms. The zero-order valence-corrected chi connectivity index (χ0v) is 40.7. The summed E-state index contributed by atoms with van der Waals surface area (Å²) in [5.74, 6) is 0.530. The highest BCUT2D eigenvalue weighted by molar-refractivity contribution is 5.95. The van der Waals surface area contributed by atoms with Crippen LogP contribution in [0.3, 0.4) is 0 Å². The summed E-state index contributed by atoms with van der Waals surface area (Å²) >= 11 is 0. The minimum Gasteiger partial charge on any atom is -0.308 e. The minimum atomic E-state index is 0.530. The van der Waals surface area contributed by atoms with Crippen molar-refractivity contribution in [2.45, 2.75) is 19.3 Å². The van der Waals surface area contributed by atoms with Crippen molar-refractivity contribution < 1.29 is 0 Å². The Morgan fingerprint density at radius 2 is 0.589 bits per heavy atom. The van der Waals surface area contributed by atoms with Crippen LogP contribution in [-0.4, -0.2) is 0 Å². The average Bonchev–Trinajstić information content (AvgIpc) is 3.46. The first kappa shape index (κ1) is 43.8. The highest BCUT2D eigenvalue weighted by Crippen LogP contribution is 2.47. The molecule has 73 heavy (non-hydrogen) atoms. The molecule has 0 fully saturated rings. The van der Waals surface area contributed by atoms with Crippen LogP contribution in [-0.2, 0) is 0 Å². The highest BCUT2D eigenvalue weighted by atomic mass is 15.2. The maximum Gasteiger partial charge on any atom is 0.0702 e. The summed E-state index contributed by atoms with van der Waals surface area (Å²) < 4.78 is 0. The molecular formula is C71H52N2. The number of hydrogen-bond donors (Lipinski definition) is 0. The van der Waals surface area contributed by atoms with Crippen molar-refractivity contribution in [3.8, 4) is 44.5 Å². The van der Waals surface area contributed by atoms with Crippen molar-refractivity contribution in [1.82, 2.24) is 0 Å². The van der Waals surface area contributed by atoms with Gasteiger partial charge in [0.05, 0.1) is 11.4 Å². The van der Waals surface area contributed by atoms with Crippen molar-refractivity contribution in [2.24, 2.45) is 0 Å². The van der Waals surface area contributed by atoms with Gasteiger partial charge in [-0.05, 0) is 185 Å². The third kappa shape index (κ3) is 8.54. The van der Waals surface area contributed by atoms with Gasteiger partial charge in [-0.2, -0.15) is 0 Å². The van der Waals surface area contributed by atoms with E-state index in [1.165, 1.54) is 88.0 Å². The molecule has 0 N–H and O–H groups in total. The van der Waals surface area contributed by atoms with E-state index >= 15 is 0 Å². The summed E-state index contributed by atoms with van der Waals surface area (Å²) in [7, 11) is 0. The maximum atomic E-state index is 2.42. The summed E-state index contributed by atoms with van der Waals surface area (Å²) in [4.78, 5) is 4.83. The molecule has 1 atom stereocenters. The molecule has 1 unspecified atom stereocenters. The molecule has 0 amide bonds. The lowest BCUT2D eigenvalue weighted by molar-refractivity contribution is 0.772. The first-order valence-corrected chi connectivity index (χ1v) is 25.4. The third-order valence-electron chi connectivity index (χ3n) is 14.9. The van der Waals surface area contributed by atoms with E-state index in [0.717, 1.165) is 40.5 Å². The summed E-state index contributed by atoms with van der Waals surface area (Å²) in [5, 5.41) is 7.43. The van der Waals surface area contributed by atoms with Gasteiger partial charge in [-0.3, -0.25) is 0 Å². The molecule has 1 aliphatic rings. The van der Waals surface area contributed by atoms with Gasteiger partial charge in [0.2, 0.25) is 0 Å². The summed E-state index contributed by atoms with van der Waals surface area (Å²) in [6.45, 7) is 2.32. The number of para-hydroxylation sites is 2. The standard InChI is InChI=1S/C71H52N2/c1-49-11-10-18-64-48-63(35-44-69(49)64)56-33-42-68(43-34-56)73(67-40-31-55(32-41-67)62-26-23-52-14-4-7-17-59(52)47-62)71-20-9-8-19-70(71)72(65-36-27-53(28-37-65)60-24-21-50-12-2-5-15-57(50)45-60)66-38-29-54(30-39-66)61-25-22-51-13-3-6-16-58(51)46-61/h2-10,12-49H,11H2,1H3. The summed E-state index contributed by atoms with van der Waals surface area (Å²) in [6, 6.07) is 98.1. The van der Waals surface area contributed by atoms with E-state index in [4.69, 9.17) is 0 Å². The Balaban J connectivity index is 0.939. The molecule has 0 saturated carbocycles. The van der Waals surface area contributed by atoms with E-state index in [2.05, 4.69) is 296 Å². The van der Waals surface area contributed by atoms with Crippen molar-refractivity contribution in [2.75, 3.05) is 9.80 Å². The van der Waals surface area contributed by atoms with Gasteiger partial charge in [0.1, 0.15) is 0 Å². The Kier molecular flexibility index (Phi) is 11.3. The van der Waals surface area contributed by atoms with Crippen LogP contribution < -0.4 is 9.80 Å². The number of rotatable bonds is 10. The normalized spacial score (nSPS) is 13.0. The van der Waals surface area contributed by atoms with Crippen LogP contribution in [0.5, 0.6) is 0 Å². The molecule has 0 heterocycles. The highest BCUT2D eigenvalue weighted by Gasteiger charge is 2.23. The number of benzene rings is 12. The lowest BCUT2D eigenvalue weighted by Gasteiger charge is -2.33. The SMILES string of the molecule is CC1CC=Cc2cc(-c3ccc(N(c4ccc(-c5ccc6ccccc6c5)cc4)c4ccccc4N(c4ccc(-c5ccc6ccccc6c5)cc4)c4ccc(-c5ccc6ccccc6c5)cc4)cc3)ccc21. The molecule has 12 aromatic carbocycles. The molecule has 2 heteroatoms. The van der Waals surface area contributed by atoms with Crippen LogP contribution in [0.2, 0.25) is 0 Å². The first-order chi connectivity index (χ1) is 36.1. The molecule has 0 radical (unpaired) electrons. The molecule has 13 rings (SSSR count). The van der Waals surface area contributed by atoms with Crippen LogP contribution >= 0.6 is 0 Å². The van der Waals surface area contributed by atoms with E-state index in [9.17, 15) is 0 Å². The van der Waals surface area contributed by atoms with Crippen LogP contribution in [0.1, 0.15) is 30.4 Å². The minimum absolute atomic E-state index is 0.530. The smallest absolute Gasteiger partial charge is 0.0702 e. The predicted octanol–water partition coefficient (Wildman–Crippen LogP) is 20.3. The zero-order chi connectivity index (χ0) is 48.7. The molecule has 0 spiro atoms. The van der Waals surface area contributed by atoms with Gasteiger partial charge in [-0.25, -0.2) is 0 Å². The van der Waals surface area contributed by atoms with Crippen molar-refractivity contribution >= 4 is 72.5 Å². The summed E-state index contributed by atoms with van der Waals surface area (Å²) in [6.07, 6.45) is 5.68. The topological polar surface area (TPSA) is 6.48 Å². The number of nitrogens with zero attached hydrogens (tertiary/aromatic N) is 2. The van der Waals surface area contributed by atoms with Crippen LogP contribution in [0.25, 0.3) is 82.9 Å². The van der Waals surface area contributed by atoms with E-state index in [0.29, 0.717) is 5.92 Å². The first-order valence-electron chi connectivity index (χ1n) is 25.4. The molecule has 12 aromatic rings. The fourth-order valence-corrected chi connectivity index (χ4v) is 10.9. The van der Waals surface area contributed by atoms with Crippen molar-refractivity contribution in [3.05, 3.63) is 284 Å². The molecule has 1 aliphatic carbocycles. The lowest BCUT2D eigenvalue weighted by Crippen LogP contribution is -2.17. The second-order valence-corrected chi connectivity index (χ2v) is 19.4. The number of hydrogen-bond acceptors (Lipinski definition) is 2. The van der Waals surface area contributed by atoms with E-state index in [1.54, 1.807) is 0 Å². The second kappa shape index (κ2) is 18.8. The van der Waals surface area contributed by atoms with Gasteiger partial charge in [0.15, 0.2) is 0 Å². The largest absolute Gasteiger partial charge is 0.308 e. The summed E-state index contributed by atoms with van der Waals surface area (Å²) in [5.41, 5.74) is 18.6. The van der Waals surface area contributed by atoms with Gasteiger partial charge in [0, 0.05) is 22.7 Å². The van der Waals surface area contributed by atoms with Gasteiger partial charge in [-0.15, -0.1) is 0 Å². The fourth-order valence-electron chi connectivity index (χ4n) is 10.9. The second-order valence-electron chi connectivity index (χ2n) is 19.4. The van der Waals surface area contributed by atoms with Crippen LogP contribution in [0.4, 0.5) is 34.1 Å². The Morgan fingerprint density at radius 1 is 0.288 bits per heavy atom. The fraction of sp³-hybridized carbons (Fsp3) is 0.0423. The Hall–Kier alpha value is -9.24. The molecular weight excluding hydrogens is 881 g/mol. The van der Waals surface area contributed by atoms with Crippen molar-refractivity contribution in [3.63, 3.8) is 0 Å². The predicted molar refractivity (Wildman–Crippen MR) is 312 cm³/mol. The molecule has 0 aliphatic heterocycles. The lowest BCUT2D eigenvalue weighted by atomic mass is 9.86. The zero-order valence-electron chi connectivity index (χ0n) is 40.7. The monoisotopic (exact) mass is 932 g/mol. The van der Waals surface area contributed by atoms with Gasteiger partial charge in [0.25, 0.3) is 0 Å². The molecule has 2 nitrogen and oxygen atoms in total. The number of anilines is 6. The number of allylic oxidation sites excluding steroid dienone is 1. The van der Waals surface area contributed by atoms with Gasteiger partial charge in [-0.1, -0.05) is 201 Å². The van der Waals surface area contributed by atoms with E-state index in [-0.39, 0.29) is 0 Å². The van der Waals surface area contributed by atoms with Gasteiger partial charge < -0.3 is 9.80 Å². The van der Waals surface area contributed by atoms with Crippen LogP contribution in [0, 0.1) is 0 Å². The quantitative estimate of drug-likeness (QED) is 0.135. The van der Waals surface area contributed by atoms with Crippen LogP contribution in [0.15, 0.2) is 273 Å². The Labute approximate surface area is 428 Å². The maximum absolute atomic E-state index is 2.42. The van der Waals surface area contributed by atoms with E-state index < -0.39 is 0 Å². The molecule has 0 aromatic heterocycles. The van der Waals surface area contributed by atoms with Crippen molar-refractivity contribution in [1.29, 1.82) is 0 Å². The number of fused-ring (bicyclic) bond motifs is 4. The molecule has 346 valence electrons. The third-order valence-corrected chi connectivity index (χ3v) is 14.9.